The molecular formula is C11H18N2S. The first-order chi connectivity index (χ1) is 6.83. The van der Waals surface area contributed by atoms with Gasteiger partial charge in [0.1, 0.15) is 0 Å². The fraction of sp³-hybridized carbons (Fsp3) is 0.636. The van der Waals surface area contributed by atoms with Gasteiger partial charge in [0, 0.05) is 6.04 Å². The summed E-state index contributed by atoms with van der Waals surface area (Å²) in [6.45, 7) is 2.02. The fourth-order valence-electron chi connectivity index (χ4n) is 2.48. The molecule has 1 aromatic heterocycles. The van der Waals surface area contributed by atoms with Crippen LogP contribution in [0.4, 0.5) is 0 Å². The first-order valence-electron chi connectivity index (χ1n) is 5.25. The van der Waals surface area contributed by atoms with E-state index in [1.165, 1.54) is 24.9 Å². The zero-order valence-electron chi connectivity index (χ0n) is 8.65. The van der Waals surface area contributed by atoms with Gasteiger partial charge in [-0.1, -0.05) is 0 Å². The molecule has 0 aromatic carbocycles. The summed E-state index contributed by atoms with van der Waals surface area (Å²) in [4.78, 5) is 2.45. The normalized spacial score (nSPS) is 29.3. The van der Waals surface area contributed by atoms with E-state index >= 15 is 0 Å². The fourth-order valence-corrected chi connectivity index (χ4v) is 3.17. The number of likely N-dealkylation sites (tertiary alicyclic amines) is 1. The summed E-state index contributed by atoms with van der Waals surface area (Å²) < 4.78 is 0. The van der Waals surface area contributed by atoms with Crippen molar-refractivity contribution in [2.75, 3.05) is 20.1 Å². The molecule has 0 amide bonds. The molecule has 1 aliphatic rings. The maximum atomic E-state index is 5.84. The van der Waals surface area contributed by atoms with E-state index in [1.54, 1.807) is 11.3 Å². The third-order valence-electron chi connectivity index (χ3n) is 3.19. The SMILES string of the molecule is CN1CCCC(CN)C1c1ccsc1. The Morgan fingerprint density at radius 1 is 1.64 bits per heavy atom. The van der Waals surface area contributed by atoms with E-state index in [9.17, 15) is 0 Å². The lowest BCUT2D eigenvalue weighted by Gasteiger charge is -2.38. The van der Waals surface area contributed by atoms with Gasteiger partial charge in [0.2, 0.25) is 0 Å². The monoisotopic (exact) mass is 210 g/mol. The molecule has 0 saturated carbocycles. The summed E-state index contributed by atoms with van der Waals surface area (Å²) in [6, 6.07) is 2.79. The molecule has 1 fully saturated rings. The molecule has 3 heteroatoms. The van der Waals surface area contributed by atoms with Gasteiger partial charge in [-0.3, -0.25) is 4.90 Å². The Kier molecular flexibility index (Phi) is 3.21. The summed E-state index contributed by atoms with van der Waals surface area (Å²) >= 11 is 1.78. The van der Waals surface area contributed by atoms with Crippen LogP contribution < -0.4 is 5.73 Å². The van der Waals surface area contributed by atoms with Crippen molar-refractivity contribution < 1.29 is 0 Å². The number of hydrogen-bond acceptors (Lipinski definition) is 3. The highest BCUT2D eigenvalue weighted by Crippen LogP contribution is 2.35. The summed E-state index contributed by atoms with van der Waals surface area (Å²) in [6.07, 6.45) is 2.57. The van der Waals surface area contributed by atoms with Gasteiger partial charge < -0.3 is 5.73 Å². The van der Waals surface area contributed by atoms with E-state index in [-0.39, 0.29) is 0 Å². The maximum absolute atomic E-state index is 5.84. The highest BCUT2D eigenvalue weighted by Gasteiger charge is 2.29. The van der Waals surface area contributed by atoms with E-state index in [0.29, 0.717) is 12.0 Å². The molecule has 2 N–H and O–H groups in total. The van der Waals surface area contributed by atoms with Crippen molar-refractivity contribution in [3.8, 4) is 0 Å². The molecular weight excluding hydrogens is 192 g/mol. The molecule has 14 heavy (non-hydrogen) atoms. The van der Waals surface area contributed by atoms with Crippen molar-refractivity contribution in [1.29, 1.82) is 0 Å². The van der Waals surface area contributed by atoms with Crippen LogP contribution in [0.5, 0.6) is 0 Å². The molecule has 1 aliphatic heterocycles. The Labute approximate surface area is 89.7 Å². The molecule has 2 unspecified atom stereocenters. The predicted molar refractivity (Wildman–Crippen MR) is 61.5 cm³/mol. The molecule has 2 nitrogen and oxygen atoms in total. The number of rotatable bonds is 2. The second kappa shape index (κ2) is 4.43. The van der Waals surface area contributed by atoms with Crippen LogP contribution >= 0.6 is 11.3 Å². The van der Waals surface area contributed by atoms with Crippen molar-refractivity contribution in [3.63, 3.8) is 0 Å². The Balaban J connectivity index is 2.19. The van der Waals surface area contributed by atoms with Crippen molar-refractivity contribution >= 4 is 11.3 Å². The van der Waals surface area contributed by atoms with Gasteiger partial charge in [0.05, 0.1) is 0 Å². The van der Waals surface area contributed by atoms with Crippen LogP contribution in [-0.4, -0.2) is 25.0 Å². The van der Waals surface area contributed by atoms with E-state index in [1.807, 2.05) is 0 Å². The maximum Gasteiger partial charge on any atom is 0.0393 e. The minimum Gasteiger partial charge on any atom is -0.330 e. The van der Waals surface area contributed by atoms with E-state index < -0.39 is 0 Å². The Hall–Kier alpha value is -0.380. The Morgan fingerprint density at radius 2 is 2.50 bits per heavy atom. The topological polar surface area (TPSA) is 29.3 Å². The average molecular weight is 210 g/mol. The van der Waals surface area contributed by atoms with E-state index in [2.05, 4.69) is 28.8 Å². The molecule has 0 bridgehead atoms. The van der Waals surface area contributed by atoms with E-state index in [4.69, 9.17) is 5.73 Å². The first kappa shape index (κ1) is 10.1. The second-order valence-corrected chi connectivity index (χ2v) is 4.90. The number of thiophene rings is 1. The number of hydrogen-bond donors (Lipinski definition) is 1. The molecule has 78 valence electrons. The van der Waals surface area contributed by atoms with Gasteiger partial charge in [-0.05, 0) is 61.3 Å². The predicted octanol–water partition coefficient (Wildman–Crippen LogP) is 2.09. The first-order valence-corrected chi connectivity index (χ1v) is 6.19. The van der Waals surface area contributed by atoms with Gasteiger partial charge in [0.15, 0.2) is 0 Å². The smallest absolute Gasteiger partial charge is 0.0393 e. The molecule has 2 rings (SSSR count). The molecule has 2 atom stereocenters. The number of piperidine rings is 1. The van der Waals surface area contributed by atoms with Crippen LogP contribution in [0.3, 0.4) is 0 Å². The minimum absolute atomic E-state index is 0.556. The van der Waals surface area contributed by atoms with Crippen LogP contribution in [0, 0.1) is 5.92 Å². The standard InChI is InChI=1S/C11H18N2S/c1-13-5-2-3-9(7-12)11(13)10-4-6-14-8-10/h4,6,8-9,11H,2-3,5,7,12H2,1H3. The van der Waals surface area contributed by atoms with Crippen LogP contribution in [-0.2, 0) is 0 Å². The third-order valence-corrected chi connectivity index (χ3v) is 3.90. The van der Waals surface area contributed by atoms with Crippen molar-refractivity contribution in [3.05, 3.63) is 22.4 Å². The highest BCUT2D eigenvalue weighted by atomic mass is 32.1. The lowest BCUT2D eigenvalue weighted by Crippen LogP contribution is -2.38. The number of nitrogens with two attached hydrogens (primary N) is 1. The highest BCUT2D eigenvalue weighted by molar-refractivity contribution is 7.07. The van der Waals surface area contributed by atoms with Gasteiger partial charge in [-0.25, -0.2) is 0 Å². The number of nitrogens with zero attached hydrogens (tertiary/aromatic N) is 1. The Morgan fingerprint density at radius 3 is 3.14 bits per heavy atom. The van der Waals surface area contributed by atoms with Gasteiger partial charge >= 0.3 is 0 Å². The van der Waals surface area contributed by atoms with Gasteiger partial charge in [-0.15, -0.1) is 0 Å². The molecule has 0 aliphatic carbocycles. The summed E-state index contributed by atoms with van der Waals surface area (Å²) in [5.41, 5.74) is 7.29. The molecule has 2 heterocycles. The molecule has 0 radical (unpaired) electrons. The summed E-state index contributed by atoms with van der Waals surface area (Å²) in [5, 5.41) is 4.42. The van der Waals surface area contributed by atoms with Crippen LogP contribution in [0.2, 0.25) is 0 Å². The van der Waals surface area contributed by atoms with Crippen LogP contribution in [0.1, 0.15) is 24.4 Å². The second-order valence-electron chi connectivity index (χ2n) is 4.12. The molecule has 1 aromatic rings. The molecule has 1 saturated heterocycles. The van der Waals surface area contributed by atoms with E-state index in [0.717, 1.165) is 6.54 Å². The lowest BCUT2D eigenvalue weighted by molar-refractivity contribution is 0.125. The zero-order valence-corrected chi connectivity index (χ0v) is 9.46. The van der Waals surface area contributed by atoms with Crippen molar-refractivity contribution in [1.82, 2.24) is 4.90 Å². The molecule has 0 spiro atoms. The summed E-state index contributed by atoms with van der Waals surface area (Å²) in [5.74, 6) is 0.642. The van der Waals surface area contributed by atoms with Gasteiger partial charge in [-0.2, -0.15) is 11.3 Å². The zero-order chi connectivity index (χ0) is 9.97. The van der Waals surface area contributed by atoms with Crippen molar-refractivity contribution in [2.24, 2.45) is 11.7 Å². The average Bonchev–Trinajstić information content (AvgIpc) is 2.70. The third kappa shape index (κ3) is 1.85. The van der Waals surface area contributed by atoms with Crippen LogP contribution in [0.25, 0.3) is 0 Å². The lowest BCUT2D eigenvalue weighted by atomic mass is 9.86. The largest absolute Gasteiger partial charge is 0.330 e. The Bertz CT molecular complexity index is 271. The minimum atomic E-state index is 0.556. The quantitative estimate of drug-likeness (QED) is 0.810. The van der Waals surface area contributed by atoms with Crippen LogP contribution in [0.15, 0.2) is 16.8 Å². The van der Waals surface area contributed by atoms with Gasteiger partial charge in [0.25, 0.3) is 0 Å². The summed E-state index contributed by atoms with van der Waals surface area (Å²) in [7, 11) is 2.21. The van der Waals surface area contributed by atoms with Crippen molar-refractivity contribution in [2.45, 2.75) is 18.9 Å².